The van der Waals surface area contributed by atoms with Crippen molar-refractivity contribution in [3.63, 3.8) is 0 Å². The van der Waals surface area contributed by atoms with Crippen molar-refractivity contribution in [2.45, 2.75) is 13.0 Å². The van der Waals surface area contributed by atoms with Crippen molar-refractivity contribution in [2.75, 3.05) is 0 Å². The first-order valence-corrected chi connectivity index (χ1v) is 4.64. The number of hydrogen-bond acceptors (Lipinski definition) is 2. The topological polar surface area (TPSA) is 37.3 Å². The van der Waals surface area contributed by atoms with Crippen LogP contribution in [0.15, 0.2) is 30.4 Å². The molecule has 1 aromatic carbocycles. The molecule has 1 N–H and O–H groups in total. The molecule has 0 saturated carbocycles. The first kappa shape index (κ1) is 11.9. The lowest BCUT2D eigenvalue weighted by molar-refractivity contribution is -0.114. The van der Waals surface area contributed by atoms with E-state index in [0.29, 0.717) is 0 Å². The van der Waals surface area contributed by atoms with E-state index in [0.717, 1.165) is 6.07 Å². The molecule has 1 rings (SSSR count). The van der Waals surface area contributed by atoms with Crippen LogP contribution in [-0.4, -0.2) is 10.9 Å². The molecule has 1 aromatic rings. The number of carbonyl (C=O) groups is 1. The molecule has 0 spiro atoms. The Labute approximate surface area is 92.0 Å². The molecule has 80 valence electrons. The summed E-state index contributed by atoms with van der Waals surface area (Å²) in [6, 6.07) is 3.85. The van der Waals surface area contributed by atoms with Gasteiger partial charge in [-0.05, 0) is 19.1 Å². The highest BCUT2D eigenvalue weighted by Gasteiger charge is 2.18. The van der Waals surface area contributed by atoms with Crippen molar-refractivity contribution in [1.82, 2.24) is 0 Å². The Morgan fingerprint density at radius 2 is 2.20 bits per heavy atom. The number of carbonyl (C=O) groups excluding carboxylic acids is 1. The maximum absolute atomic E-state index is 13.3. The van der Waals surface area contributed by atoms with Gasteiger partial charge in [-0.25, -0.2) is 4.39 Å². The molecular formula is C11H10ClFO2. The van der Waals surface area contributed by atoms with Crippen LogP contribution in [0, 0.1) is 5.82 Å². The van der Waals surface area contributed by atoms with Crippen LogP contribution in [-0.2, 0) is 4.79 Å². The lowest BCUT2D eigenvalue weighted by atomic mass is 10.00. The van der Waals surface area contributed by atoms with Gasteiger partial charge in [-0.1, -0.05) is 24.2 Å². The molecule has 0 aliphatic carbocycles. The van der Waals surface area contributed by atoms with Crippen molar-refractivity contribution in [1.29, 1.82) is 0 Å². The molecule has 4 heteroatoms. The van der Waals surface area contributed by atoms with Gasteiger partial charge in [-0.2, -0.15) is 0 Å². The van der Waals surface area contributed by atoms with Crippen molar-refractivity contribution >= 4 is 17.4 Å². The smallest absolute Gasteiger partial charge is 0.158 e. The number of rotatable bonds is 3. The van der Waals surface area contributed by atoms with Gasteiger partial charge in [0.2, 0.25) is 0 Å². The van der Waals surface area contributed by atoms with Crippen LogP contribution in [0.4, 0.5) is 4.39 Å². The van der Waals surface area contributed by atoms with Gasteiger partial charge in [-0.3, -0.25) is 4.79 Å². The predicted octanol–water partition coefficient (Wildman–Crippen LogP) is 2.66. The van der Waals surface area contributed by atoms with Gasteiger partial charge in [0.05, 0.1) is 0 Å². The summed E-state index contributed by atoms with van der Waals surface area (Å²) >= 11 is 5.55. The molecule has 0 fully saturated rings. The second-order valence-electron chi connectivity index (χ2n) is 3.15. The highest BCUT2D eigenvalue weighted by Crippen LogP contribution is 2.25. The standard InChI is InChI=1S/C11H10ClFO2/c1-6(7(2)14)11(15)9-4-3-8(12)5-10(9)13/h3-5,11,15H,1H2,2H3/t11-/m0/s1. The first-order valence-electron chi connectivity index (χ1n) is 4.26. The van der Waals surface area contributed by atoms with E-state index in [1.807, 2.05) is 0 Å². The summed E-state index contributed by atoms with van der Waals surface area (Å²) in [6.07, 6.45) is -1.32. The largest absolute Gasteiger partial charge is 0.383 e. The van der Waals surface area contributed by atoms with Crippen molar-refractivity contribution in [3.8, 4) is 0 Å². The maximum Gasteiger partial charge on any atom is 0.158 e. The maximum atomic E-state index is 13.3. The Balaban J connectivity index is 3.06. The minimum Gasteiger partial charge on any atom is -0.383 e. The van der Waals surface area contributed by atoms with E-state index >= 15 is 0 Å². The summed E-state index contributed by atoms with van der Waals surface area (Å²) in [5.74, 6) is -1.03. The Hall–Kier alpha value is -1.19. The summed E-state index contributed by atoms with van der Waals surface area (Å²) in [4.78, 5) is 10.9. The van der Waals surface area contributed by atoms with Crippen LogP contribution in [0.5, 0.6) is 0 Å². The second kappa shape index (κ2) is 4.55. The van der Waals surface area contributed by atoms with Gasteiger partial charge in [0.25, 0.3) is 0 Å². The van der Waals surface area contributed by atoms with E-state index in [4.69, 9.17) is 11.6 Å². The molecule has 1 atom stereocenters. The number of Topliss-reactive ketones (excluding diaryl/α,β-unsaturated/α-hetero) is 1. The molecule has 0 heterocycles. The minimum atomic E-state index is -1.32. The van der Waals surface area contributed by atoms with Crippen LogP contribution < -0.4 is 0 Å². The molecule has 0 unspecified atom stereocenters. The fourth-order valence-electron chi connectivity index (χ4n) is 1.10. The summed E-state index contributed by atoms with van der Waals surface area (Å²) in [7, 11) is 0. The van der Waals surface area contributed by atoms with E-state index < -0.39 is 11.9 Å². The zero-order valence-corrected chi connectivity index (χ0v) is 8.88. The van der Waals surface area contributed by atoms with Crippen LogP contribution >= 0.6 is 11.6 Å². The Morgan fingerprint density at radius 1 is 1.60 bits per heavy atom. The second-order valence-corrected chi connectivity index (χ2v) is 3.59. The van der Waals surface area contributed by atoms with Gasteiger partial charge in [-0.15, -0.1) is 0 Å². The molecule has 0 aromatic heterocycles. The normalized spacial score (nSPS) is 12.3. The zero-order valence-electron chi connectivity index (χ0n) is 8.13. The van der Waals surface area contributed by atoms with E-state index in [2.05, 4.69) is 6.58 Å². The predicted molar refractivity (Wildman–Crippen MR) is 56.2 cm³/mol. The summed E-state index contributed by atoms with van der Waals surface area (Å²) in [6.45, 7) is 4.66. The zero-order chi connectivity index (χ0) is 11.6. The number of aliphatic hydroxyl groups excluding tert-OH is 1. The van der Waals surface area contributed by atoms with Crippen molar-refractivity contribution in [3.05, 3.63) is 46.8 Å². The molecule has 0 aliphatic heterocycles. The van der Waals surface area contributed by atoms with Gasteiger partial charge in [0.15, 0.2) is 5.78 Å². The molecular weight excluding hydrogens is 219 g/mol. The summed E-state index contributed by atoms with van der Waals surface area (Å²) in [5.41, 5.74) is -0.0455. The van der Waals surface area contributed by atoms with Gasteiger partial charge >= 0.3 is 0 Å². The fourth-order valence-corrected chi connectivity index (χ4v) is 1.26. The van der Waals surface area contributed by atoms with Crippen LogP contribution in [0.2, 0.25) is 5.02 Å². The highest BCUT2D eigenvalue weighted by atomic mass is 35.5. The molecule has 0 radical (unpaired) electrons. The number of hydrogen-bond donors (Lipinski definition) is 1. The van der Waals surface area contributed by atoms with E-state index in [1.165, 1.54) is 19.1 Å². The third-order valence-corrected chi connectivity index (χ3v) is 2.27. The Morgan fingerprint density at radius 3 is 2.67 bits per heavy atom. The number of benzene rings is 1. The molecule has 15 heavy (non-hydrogen) atoms. The summed E-state index contributed by atoms with van der Waals surface area (Å²) < 4.78 is 13.3. The van der Waals surface area contributed by atoms with E-state index in [1.54, 1.807) is 0 Å². The Kier molecular flexibility index (Phi) is 3.61. The third kappa shape index (κ3) is 2.64. The van der Waals surface area contributed by atoms with Crippen molar-refractivity contribution in [2.24, 2.45) is 0 Å². The third-order valence-electron chi connectivity index (χ3n) is 2.04. The SMILES string of the molecule is C=C(C(C)=O)[C@H](O)c1ccc(Cl)cc1F. The fraction of sp³-hybridized carbons (Fsp3) is 0.182. The average molecular weight is 229 g/mol. The number of ketones is 1. The van der Waals surface area contributed by atoms with Crippen LogP contribution in [0.1, 0.15) is 18.6 Å². The quantitative estimate of drug-likeness (QED) is 0.808. The number of halogens is 2. The molecule has 0 saturated heterocycles. The minimum absolute atomic E-state index is 0.000370. The molecule has 0 aliphatic rings. The number of aliphatic hydroxyl groups is 1. The van der Waals surface area contributed by atoms with Crippen LogP contribution in [0.3, 0.4) is 0 Å². The van der Waals surface area contributed by atoms with E-state index in [-0.39, 0.29) is 21.9 Å². The lowest BCUT2D eigenvalue weighted by Gasteiger charge is -2.12. The molecule has 2 nitrogen and oxygen atoms in total. The first-order chi connectivity index (χ1) is 6.93. The van der Waals surface area contributed by atoms with Crippen molar-refractivity contribution < 1.29 is 14.3 Å². The average Bonchev–Trinajstić information content (AvgIpc) is 2.15. The van der Waals surface area contributed by atoms with Gasteiger partial charge in [0, 0.05) is 16.2 Å². The van der Waals surface area contributed by atoms with E-state index in [9.17, 15) is 14.3 Å². The lowest BCUT2D eigenvalue weighted by Crippen LogP contribution is -2.09. The molecule has 0 bridgehead atoms. The van der Waals surface area contributed by atoms with Gasteiger partial charge < -0.3 is 5.11 Å². The van der Waals surface area contributed by atoms with Crippen LogP contribution in [0.25, 0.3) is 0 Å². The monoisotopic (exact) mass is 228 g/mol. The summed E-state index contributed by atoms with van der Waals surface area (Å²) in [5, 5.41) is 9.86. The molecule has 0 amide bonds. The Bertz CT molecular complexity index is 415. The highest BCUT2D eigenvalue weighted by molar-refractivity contribution is 6.30. The van der Waals surface area contributed by atoms with Gasteiger partial charge in [0.1, 0.15) is 11.9 Å².